The van der Waals surface area contributed by atoms with Crippen molar-refractivity contribution in [2.24, 2.45) is 0 Å². The molecule has 2 heterocycles. The molecule has 5 nitrogen and oxygen atoms in total. The largest absolute Gasteiger partial charge is 0.348 e. The van der Waals surface area contributed by atoms with Crippen LogP contribution < -0.4 is 5.32 Å². The number of carbonyl (C=O) groups is 1. The predicted octanol–water partition coefficient (Wildman–Crippen LogP) is 3.59. The summed E-state index contributed by atoms with van der Waals surface area (Å²) in [5.41, 5.74) is 4.64. The molecule has 4 aromatic rings. The molecule has 0 unspecified atom stereocenters. The summed E-state index contributed by atoms with van der Waals surface area (Å²) in [6.07, 6.45) is 3.95. The molecule has 1 amide bonds. The summed E-state index contributed by atoms with van der Waals surface area (Å²) >= 11 is 0. The molecule has 0 aliphatic carbocycles. The van der Waals surface area contributed by atoms with Gasteiger partial charge in [-0.25, -0.2) is 4.98 Å². The van der Waals surface area contributed by atoms with Crippen molar-refractivity contribution < 1.29 is 4.79 Å². The van der Waals surface area contributed by atoms with Gasteiger partial charge in [-0.15, -0.1) is 0 Å². The number of amides is 1. The molecule has 0 saturated carbocycles. The highest BCUT2D eigenvalue weighted by molar-refractivity contribution is 5.94. The second-order valence-corrected chi connectivity index (χ2v) is 5.99. The van der Waals surface area contributed by atoms with Crippen LogP contribution in [0.5, 0.6) is 0 Å². The fraction of sp³-hybridized carbons (Fsp3) is 0.100. The lowest BCUT2D eigenvalue weighted by molar-refractivity contribution is 0.0951. The summed E-state index contributed by atoms with van der Waals surface area (Å²) in [7, 11) is 0. The Labute approximate surface area is 145 Å². The Morgan fingerprint density at radius 3 is 2.64 bits per heavy atom. The molecule has 0 spiro atoms. The molecule has 124 valence electrons. The number of imidazole rings is 1. The quantitative estimate of drug-likeness (QED) is 0.600. The molecule has 2 aromatic heterocycles. The van der Waals surface area contributed by atoms with Gasteiger partial charge in [-0.1, -0.05) is 6.07 Å². The predicted molar refractivity (Wildman–Crippen MR) is 97.8 cm³/mol. The molecule has 4 rings (SSSR count). The third-order valence-corrected chi connectivity index (χ3v) is 4.15. The number of hydrogen-bond acceptors (Lipinski definition) is 2. The van der Waals surface area contributed by atoms with E-state index in [1.807, 2.05) is 78.5 Å². The number of fused-ring (bicyclic) bond motifs is 1. The summed E-state index contributed by atoms with van der Waals surface area (Å²) in [5, 5.41) is 2.96. The Balaban J connectivity index is 1.44. The van der Waals surface area contributed by atoms with Gasteiger partial charge in [0.05, 0.1) is 11.0 Å². The fourth-order valence-corrected chi connectivity index (χ4v) is 2.87. The number of aromatic amines is 1. The van der Waals surface area contributed by atoms with Crippen molar-refractivity contribution in [2.45, 2.75) is 13.5 Å². The van der Waals surface area contributed by atoms with Crippen molar-refractivity contribution in [3.8, 4) is 5.69 Å². The van der Waals surface area contributed by atoms with E-state index < -0.39 is 0 Å². The molecule has 0 saturated heterocycles. The van der Waals surface area contributed by atoms with Gasteiger partial charge in [0.2, 0.25) is 0 Å². The molecule has 0 aliphatic rings. The van der Waals surface area contributed by atoms with Gasteiger partial charge in [0.15, 0.2) is 0 Å². The fourth-order valence-electron chi connectivity index (χ4n) is 2.87. The second-order valence-electron chi connectivity index (χ2n) is 5.99. The number of aryl methyl sites for hydroxylation is 1. The van der Waals surface area contributed by atoms with Crippen LogP contribution in [0.4, 0.5) is 0 Å². The van der Waals surface area contributed by atoms with E-state index in [1.54, 1.807) is 0 Å². The monoisotopic (exact) mass is 330 g/mol. The van der Waals surface area contributed by atoms with Crippen molar-refractivity contribution in [2.75, 3.05) is 0 Å². The van der Waals surface area contributed by atoms with E-state index in [4.69, 9.17) is 0 Å². The van der Waals surface area contributed by atoms with E-state index in [-0.39, 0.29) is 5.91 Å². The minimum atomic E-state index is -0.0834. The van der Waals surface area contributed by atoms with E-state index in [9.17, 15) is 4.79 Å². The van der Waals surface area contributed by atoms with E-state index >= 15 is 0 Å². The molecule has 0 radical (unpaired) electrons. The third-order valence-electron chi connectivity index (χ3n) is 4.15. The van der Waals surface area contributed by atoms with Crippen molar-refractivity contribution in [1.29, 1.82) is 0 Å². The number of nitrogens with zero attached hydrogens (tertiary/aromatic N) is 2. The Morgan fingerprint density at radius 2 is 1.88 bits per heavy atom. The number of H-pyrrole nitrogens is 1. The molecule has 0 atom stereocenters. The van der Waals surface area contributed by atoms with E-state index in [2.05, 4.69) is 15.3 Å². The summed E-state index contributed by atoms with van der Waals surface area (Å²) in [5.74, 6) is 0.805. The van der Waals surface area contributed by atoms with Crippen LogP contribution in [0.3, 0.4) is 0 Å². The lowest BCUT2D eigenvalue weighted by Crippen LogP contribution is -2.22. The molecule has 25 heavy (non-hydrogen) atoms. The minimum absolute atomic E-state index is 0.0834. The van der Waals surface area contributed by atoms with Gasteiger partial charge in [0.1, 0.15) is 5.82 Å². The molecule has 0 bridgehead atoms. The normalized spacial score (nSPS) is 10.9. The molecule has 2 aromatic carbocycles. The van der Waals surface area contributed by atoms with Crippen molar-refractivity contribution in [3.05, 3.63) is 83.9 Å². The number of aromatic nitrogens is 3. The zero-order valence-corrected chi connectivity index (χ0v) is 13.9. The van der Waals surface area contributed by atoms with E-state index in [1.165, 1.54) is 0 Å². The summed E-state index contributed by atoms with van der Waals surface area (Å²) in [6.45, 7) is 2.41. The summed E-state index contributed by atoms with van der Waals surface area (Å²) in [4.78, 5) is 19.9. The lowest BCUT2D eigenvalue weighted by Gasteiger charge is -2.07. The summed E-state index contributed by atoms with van der Waals surface area (Å²) < 4.78 is 2.00. The van der Waals surface area contributed by atoms with Crippen LogP contribution >= 0.6 is 0 Å². The van der Waals surface area contributed by atoms with Crippen LogP contribution in [-0.2, 0) is 6.54 Å². The van der Waals surface area contributed by atoms with Gasteiger partial charge in [-0.05, 0) is 61.0 Å². The Kier molecular flexibility index (Phi) is 3.82. The smallest absolute Gasteiger partial charge is 0.251 e. The van der Waals surface area contributed by atoms with Crippen LogP contribution in [-0.4, -0.2) is 20.4 Å². The van der Waals surface area contributed by atoms with Crippen molar-refractivity contribution >= 4 is 16.9 Å². The van der Waals surface area contributed by atoms with Crippen molar-refractivity contribution in [3.63, 3.8) is 0 Å². The van der Waals surface area contributed by atoms with Gasteiger partial charge in [-0.3, -0.25) is 4.79 Å². The summed E-state index contributed by atoms with van der Waals surface area (Å²) in [6, 6.07) is 17.5. The number of nitrogens with one attached hydrogen (secondary N) is 2. The highest BCUT2D eigenvalue weighted by atomic mass is 16.1. The van der Waals surface area contributed by atoms with E-state index in [0.717, 1.165) is 28.1 Å². The van der Waals surface area contributed by atoms with Crippen LogP contribution in [0, 0.1) is 6.92 Å². The zero-order valence-electron chi connectivity index (χ0n) is 13.9. The zero-order chi connectivity index (χ0) is 17.2. The number of benzene rings is 2. The van der Waals surface area contributed by atoms with Crippen LogP contribution in [0.15, 0.2) is 67.0 Å². The highest BCUT2D eigenvalue weighted by Crippen LogP contribution is 2.14. The number of carbonyl (C=O) groups excluding carboxylic acids is 1. The standard InChI is InChI=1S/C20H18N4O/c1-14-22-18-9-4-15(12-19(18)23-14)13-21-20(25)16-5-7-17(8-6-16)24-10-2-3-11-24/h2-12H,13H2,1H3,(H,21,25)(H,22,23). The third kappa shape index (κ3) is 3.17. The first-order valence-corrected chi connectivity index (χ1v) is 8.16. The highest BCUT2D eigenvalue weighted by Gasteiger charge is 2.07. The van der Waals surface area contributed by atoms with Gasteiger partial charge >= 0.3 is 0 Å². The van der Waals surface area contributed by atoms with Gasteiger partial charge in [0, 0.05) is 30.2 Å². The average Bonchev–Trinajstić information content (AvgIpc) is 3.28. The van der Waals surface area contributed by atoms with Gasteiger partial charge < -0.3 is 14.9 Å². The maximum Gasteiger partial charge on any atom is 0.251 e. The average molecular weight is 330 g/mol. The molecule has 5 heteroatoms. The van der Waals surface area contributed by atoms with Gasteiger partial charge in [0.25, 0.3) is 5.91 Å². The number of rotatable bonds is 4. The number of hydrogen-bond donors (Lipinski definition) is 2. The van der Waals surface area contributed by atoms with E-state index in [0.29, 0.717) is 12.1 Å². The second kappa shape index (κ2) is 6.28. The minimum Gasteiger partial charge on any atom is -0.348 e. The lowest BCUT2D eigenvalue weighted by atomic mass is 10.1. The molecule has 0 fully saturated rings. The van der Waals surface area contributed by atoms with Crippen LogP contribution in [0.25, 0.3) is 16.7 Å². The maximum absolute atomic E-state index is 12.3. The van der Waals surface area contributed by atoms with Crippen molar-refractivity contribution in [1.82, 2.24) is 19.9 Å². The SMILES string of the molecule is Cc1nc2ccc(CNC(=O)c3ccc(-n4cccc4)cc3)cc2[nH]1. The Bertz CT molecular complexity index is 1010. The Hall–Kier alpha value is -3.34. The molecule has 0 aliphatic heterocycles. The Morgan fingerprint density at radius 1 is 1.12 bits per heavy atom. The molecular formula is C20H18N4O. The molecule has 2 N–H and O–H groups in total. The topological polar surface area (TPSA) is 62.7 Å². The molecular weight excluding hydrogens is 312 g/mol. The van der Waals surface area contributed by atoms with Crippen LogP contribution in [0.1, 0.15) is 21.7 Å². The first-order valence-electron chi connectivity index (χ1n) is 8.16. The maximum atomic E-state index is 12.3. The first-order chi connectivity index (χ1) is 12.2. The first kappa shape index (κ1) is 15.2. The van der Waals surface area contributed by atoms with Gasteiger partial charge in [-0.2, -0.15) is 0 Å². The van der Waals surface area contributed by atoms with Crippen LogP contribution in [0.2, 0.25) is 0 Å².